The zero-order valence-corrected chi connectivity index (χ0v) is 8.51. The van der Waals surface area contributed by atoms with Gasteiger partial charge in [0.1, 0.15) is 0 Å². The lowest BCUT2D eigenvalue weighted by Gasteiger charge is -2.31. The number of carbonyl (C=O) groups is 4. The number of barbiturate groups is 1. The molecule has 3 aliphatic rings. The zero-order chi connectivity index (χ0) is 11.4. The second-order valence-electron chi connectivity index (χ2n) is 4.42. The minimum Gasteiger partial charge on any atom is -0.277 e. The SMILES string of the molecule is O=C1C(=O)N(C2CC2)C(=O)N(C2CC2)C1=O. The fraction of sp³-hybridized carbons (Fsp3) is 0.600. The zero-order valence-electron chi connectivity index (χ0n) is 8.51. The van der Waals surface area contributed by atoms with Crippen molar-refractivity contribution in [2.45, 2.75) is 37.8 Å². The van der Waals surface area contributed by atoms with E-state index >= 15 is 0 Å². The number of carbonyl (C=O) groups excluding carboxylic acids is 4. The molecule has 2 saturated carbocycles. The van der Waals surface area contributed by atoms with Gasteiger partial charge in [-0.1, -0.05) is 0 Å². The number of hydrogen-bond acceptors (Lipinski definition) is 4. The monoisotopic (exact) mass is 222 g/mol. The van der Waals surface area contributed by atoms with Gasteiger partial charge in [-0.15, -0.1) is 0 Å². The number of hydrogen-bond donors (Lipinski definition) is 0. The van der Waals surface area contributed by atoms with Gasteiger partial charge in [-0.2, -0.15) is 0 Å². The molecule has 0 spiro atoms. The number of urea groups is 1. The fourth-order valence-electron chi connectivity index (χ4n) is 1.91. The number of imide groups is 2. The summed E-state index contributed by atoms with van der Waals surface area (Å²) < 4.78 is 0. The Hall–Kier alpha value is -1.72. The summed E-state index contributed by atoms with van der Waals surface area (Å²) >= 11 is 0. The second-order valence-corrected chi connectivity index (χ2v) is 4.42. The second kappa shape index (κ2) is 2.90. The van der Waals surface area contributed by atoms with E-state index in [1.165, 1.54) is 0 Å². The van der Waals surface area contributed by atoms with Gasteiger partial charge in [-0.3, -0.25) is 24.2 Å². The Balaban J connectivity index is 1.95. The van der Waals surface area contributed by atoms with Crippen LogP contribution in [0.25, 0.3) is 0 Å². The standard InChI is InChI=1S/C10H10N2O4/c13-7-8(14)11(5-1-2-5)10(16)12(9(7)15)6-3-4-6/h5-6H,1-4H2. The molecule has 0 unspecified atom stereocenters. The van der Waals surface area contributed by atoms with E-state index < -0.39 is 23.6 Å². The van der Waals surface area contributed by atoms with E-state index in [9.17, 15) is 19.2 Å². The van der Waals surface area contributed by atoms with Gasteiger partial charge in [0.15, 0.2) is 0 Å². The van der Waals surface area contributed by atoms with Crippen LogP contribution >= 0.6 is 0 Å². The molecule has 16 heavy (non-hydrogen) atoms. The fourth-order valence-corrected chi connectivity index (χ4v) is 1.91. The summed E-state index contributed by atoms with van der Waals surface area (Å²) in [5, 5.41) is 0. The third-order valence-electron chi connectivity index (χ3n) is 3.06. The lowest BCUT2D eigenvalue weighted by Crippen LogP contribution is -2.61. The van der Waals surface area contributed by atoms with Gasteiger partial charge in [0.2, 0.25) is 0 Å². The molecule has 1 saturated heterocycles. The minimum atomic E-state index is -1.07. The molecule has 2 aliphatic carbocycles. The number of ketones is 1. The number of Topliss-reactive ketones (excluding diaryl/α,β-unsaturated/α-hetero) is 1. The molecule has 3 rings (SSSR count). The van der Waals surface area contributed by atoms with Crippen LogP contribution in [0.15, 0.2) is 0 Å². The van der Waals surface area contributed by atoms with Gasteiger partial charge in [-0.05, 0) is 25.7 Å². The first-order valence-electron chi connectivity index (χ1n) is 5.36. The average Bonchev–Trinajstić information content (AvgIpc) is 3.06. The Morgan fingerprint density at radius 1 is 0.750 bits per heavy atom. The van der Waals surface area contributed by atoms with Gasteiger partial charge >= 0.3 is 23.6 Å². The number of nitrogens with zero attached hydrogens (tertiary/aromatic N) is 2. The Kier molecular flexibility index (Phi) is 1.72. The third-order valence-corrected chi connectivity index (χ3v) is 3.06. The summed E-state index contributed by atoms with van der Waals surface area (Å²) in [5.41, 5.74) is 0. The molecule has 0 radical (unpaired) electrons. The summed E-state index contributed by atoms with van der Waals surface area (Å²) in [6.07, 6.45) is 2.93. The molecule has 1 heterocycles. The topological polar surface area (TPSA) is 74.8 Å². The van der Waals surface area contributed by atoms with Gasteiger partial charge in [-0.25, -0.2) is 4.79 Å². The molecule has 0 atom stereocenters. The van der Waals surface area contributed by atoms with Crippen molar-refractivity contribution < 1.29 is 19.2 Å². The van der Waals surface area contributed by atoms with Crippen molar-refractivity contribution in [3.8, 4) is 0 Å². The molecule has 0 aromatic carbocycles. The molecule has 0 N–H and O–H groups in total. The van der Waals surface area contributed by atoms with E-state index in [0.717, 1.165) is 35.5 Å². The molecule has 3 fully saturated rings. The normalized spacial score (nSPS) is 26.8. The maximum atomic E-state index is 11.9. The van der Waals surface area contributed by atoms with Crippen LogP contribution in [-0.4, -0.2) is 45.5 Å². The largest absolute Gasteiger partial charge is 0.334 e. The molecule has 0 bridgehead atoms. The Bertz CT molecular complexity index is 387. The Morgan fingerprint density at radius 3 is 1.44 bits per heavy atom. The van der Waals surface area contributed by atoms with E-state index in [1.807, 2.05) is 0 Å². The van der Waals surface area contributed by atoms with Crippen molar-refractivity contribution >= 4 is 23.6 Å². The lowest BCUT2D eigenvalue weighted by molar-refractivity contribution is -0.155. The summed E-state index contributed by atoms with van der Waals surface area (Å²) in [7, 11) is 0. The Morgan fingerprint density at radius 2 is 1.12 bits per heavy atom. The van der Waals surface area contributed by atoms with Crippen molar-refractivity contribution in [3.63, 3.8) is 0 Å². The van der Waals surface area contributed by atoms with Crippen LogP contribution in [0.2, 0.25) is 0 Å². The van der Waals surface area contributed by atoms with Crippen LogP contribution in [0.3, 0.4) is 0 Å². The summed E-state index contributed by atoms with van der Waals surface area (Å²) in [6.45, 7) is 0. The first-order valence-corrected chi connectivity index (χ1v) is 5.36. The average molecular weight is 222 g/mol. The van der Waals surface area contributed by atoms with Gasteiger partial charge in [0.05, 0.1) is 0 Å². The third kappa shape index (κ3) is 1.19. The van der Waals surface area contributed by atoms with Crippen LogP contribution in [-0.2, 0) is 14.4 Å². The highest BCUT2D eigenvalue weighted by molar-refractivity contribution is 6.66. The van der Waals surface area contributed by atoms with Gasteiger partial charge in [0.25, 0.3) is 0 Å². The van der Waals surface area contributed by atoms with E-state index in [2.05, 4.69) is 0 Å². The van der Waals surface area contributed by atoms with Crippen LogP contribution in [0, 0.1) is 0 Å². The van der Waals surface area contributed by atoms with Crippen LogP contribution in [0.5, 0.6) is 0 Å². The van der Waals surface area contributed by atoms with Crippen molar-refractivity contribution in [2.24, 2.45) is 0 Å². The van der Waals surface area contributed by atoms with Crippen LogP contribution in [0.4, 0.5) is 4.79 Å². The number of rotatable bonds is 2. The van der Waals surface area contributed by atoms with E-state index in [-0.39, 0.29) is 12.1 Å². The van der Waals surface area contributed by atoms with Crippen molar-refractivity contribution in [2.75, 3.05) is 0 Å². The molecule has 6 heteroatoms. The highest BCUT2D eigenvalue weighted by Crippen LogP contribution is 2.34. The predicted octanol–water partition coefficient (Wildman–Crippen LogP) is -0.329. The van der Waals surface area contributed by atoms with Crippen LogP contribution < -0.4 is 0 Å². The number of amides is 4. The molecule has 6 nitrogen and oxygen atoms in total. The lowest BCUT2D eigenvalue weighted by atomic mass is 10.2. The molecule has 0 aromatic heterocycles. The molecule has 4 amide bonds. The molecular formula is C10H10N2O4. The highest BCUT2D eigenvalue weighted by Gasteiger charge is 2.53. The summed E-state index contributed by atoms with van der Waals surface area (Å²) in [6, 6.07) is -0.934. The molecule has 1 aliphatic heterocycles. The maximum Gasteiger partial charge on any atom is 0.334 e. The smallest absolute Gasteiger partial charge is 0.277 e. The first-order chi connectivity index (χ1) is 7.61. The van der Waals surface area contributed by atoms with E-state index in [1.54, 1.807) is 0 Å². The predicted molar refractivity (Wildman–Crippen MR) is 50.1 cm³/mol. The minimum absolute atomic E-state index is 0.168. The van der Waals surface area contributed by atoms with Gasteiger partial charge in [0, 0.05) is 12.1 Å². The summed E-state index contributed by atoms with van der Waals surface area (Å²) in [5.74, 6) is -2.97. The van der Waals surface area contributed by atoms with Crippen molar-refractivity contribution in [3.05, 3.63) is 0 Å². The quantitative estimate of drug-likeness (QED) is 0.599. The van der Waals surface area contributed by atoms with Gasteiger partial charge < -0.3 is 0 Å². The Labute approximate surface area is 91.2 Å². The van der Waals surface area contributed by atoms with Crippen molar-refractivity contribution in [1.29, 1.82) is 0 Å². The maximum absolute atomic E-state index is 11.9. The highest BCUT2D eigenvalue weighted by atomic mass is 16.2. The van der Waals surface area contributed by atoms with Crippen molar-refractivity contribution in [1.82, 2.24) is 9.80 Å². The van der Waals surface area contributed by atoms with Crippen LogP contribution in [0.1, 0.15) is 25.7 Å². The molecule has 84 valence electrons. The summed E-state index contributed by atoms with van der Waals surface area (Å²) in [4.78, 5) is 48.3. The van der Waals surface area contributed by atoms with E-state index in [4.69, 9.17) is 0 Å². The first kappa shape index (κ1) is 9.50. The molecule has 0 aromatic rings. The van der Waals surface area contributed by atoms with E-state index in [0.29, 0.717) is 0 Å². The molecular weight excluding hydrogens is 212 g/mol.